The Kier molecular flexibility index (Phi) is 4.23. The summed E-state index contributed by atoms with van der Waals surface area (Å²) in [7, 11) is 0. The van der Waals surface area contributed by atoms with E-state index in [1.165, 1.54) is 6.07 Å². The summed E-state index contributed by atoms with van der Waals surface area (Å²) in [6, 6.07) is 11.9. The molecule has 0 spiro atoms. The third kappa shape index (κ3) is 3.88. The summed E-state index contributed by atoms with van der Waals surface area (Å²) in [5.74, 6) is -0.570. The molecule has 1 N–H and O–H groups in total. The maximum atomic E-state index is 13.4. The average Bonchev–Trinajstić information content (AvgIpc) is 2.39. The zero-order valence-electron chi connectivity index (χ0n) is 10.7. The number of rotatable bonds is 4. The minimum Gasteiger partial charge on any atom is -0.350 e. The fourth-order valence-electron chi connectivity index (χ4n) is 1.76. The second-order valence-electron chi connectivity index (χ2n) is 4.32. The Morgan fingerprint density at radius 2 is 2.00 bits per heavy atom. The van der Waals surface area contributed by atoms with E-state index >= 15 is 0 Å². The number of nitrogens with zero attached hydrogens (tertiary/aromatic N) is 1. The fraction of sp³-hybridized carbons (Fsp3) is 0.200. The van der Waals surface area contributed by atoms with Gasteiger partial charge in [0.25, 0.3) is 0 Å². The van der Waals surface area contributed by atoms with Gasteiger partial charge in [-0.25, -0.2) is 4.39 Å². The van der Waals surface area contributed by atoms with Gasteiger partial charge in [-0.3, -0.25) is 9.78 Å². The Morgan fingerprint density at radius 3 is 2.74 bits per heavy atom. The molecule has 1 heterocycles. The van der Waals surface area contributed by atoms with Crippen LogP contribution >= 0.6 is 0 Å². The van der Waals surface area contributed by atoms with Crippen LogP contribution in [0.4, 0.5) is 4.39 Å². The Hall–Kier alpha value is -2.23. The van der Waals surface area contributed by atoms with E-state index in [9.17, 15) is 9.18 Å². The van der Waals surface area contributed by atoms with E-state index in [-0.39, 0.29) is 18.1 Å². The summed E-state index contributed by atoms with van der Waals surface area (Å²) in [4.78, 5) is 16.0. The summed E-state index contributed by atoms with van der Waals surface area (Å²) in [6.45, 7) is 2.25. The van der Waals surface area contributed by atoms with E-state index in [2.05, 4.69) is 10.3 Å². The van der Waals surface area contributed by atoms with Gasteiger partial charge in [-0.05, 0) is 30.7 Å². The zero-order chi connectivity index (χ0) is 13.7. The molecule has 0 fully saturated rings. The summed E-state index contributed by atoms with van der Waals surface area (Å²) < 4.78 is 13.4. The van der Waals surface area contributed by atoms with Crippen molar-refractivity contribution >= 4 is 5.91 Å². The van der Waals surface area contributed by atoms with Crippen molar-refractivity contribution in [2.24, 2.45) is 0 Å². The van der Waals surface area contributed by atoms with Crippen molar-refractivity contribution in [1.82, 2.24) is 10.3 Å². The van der Waals surface area contributed by atoms with Crippen LogP contribution in [-0.2, 0) is 17.8 Å². The van der Waals surface area contributed by atoms with Gasteiger partial charge in [-0.1, -0.05) is 24.3 Å². The number of halogens is 1. The molecule has 0 bridgehead atoms. The van der Waals surface area contributed by atoms with Crippen molar-refractivity contribution in [3.05, 3.63) is 65.2 Å². The second kappa shape index (κ2) is 6.09. The van der Waals surface area contributed by atoms with Crippen LogP contribution in [0.15, 0.2) is 42.5 Å². The zero-order valence-corrected chi connectivity index (χ0v) is 10.7. The SMILES string of the molecule is Cc1cccc(CNC(=O)Cc2ccccc2F)n1. The monoisotopic (exact) mass is 258 g/mol. The van der Waals surface area contributed by atoms with E-state index in [1.54, 1.807) is 18.2 Å². The van der Waals surface area contributed by atoms with Gasteiger partial charge in [-0.15, -0.1) is 0 Å². The molecule has 0 aliphatic heterocycles. The van der Waals surface area contributed by atoms with E-state index in [4.69, 9.17) is 0 Å². The van der Waals surface area contributed by atoms with Crippen molar-refractivity contribution in [3.63, 3.8) is 0 Å². The topological polar surface area (TPSA) is 42.0 Å². The normalized spacial score (nSPS) is 10.2. The molecule has 1 aromatic heterocycles. The van der Waals surface area contributed by atoms with Gasteiger partial charge >= 0.3 is 0 Å². The van der Waals surface area contributed by atoms with Crippen LogP contribution in [0.25, 0.3) is 0 Å². The molecule has 4 heteroatoms. The van der Waals surface area contributed by atoms with Gasteiger partial charge in [0.1, 0.15) is 5.82 Å². The average molecular weight is 258 g/mol. The molecule has 2 aromatic rings. The number of carbonyl (C=O) groups excluding carboxylic acids is 1. The Bertz CT molecular complexity index is 584. The van der Waals surface area contributed by atoms with Crippen molar-refractivity contribution < 1.29 is 9.18 Å². The first-order valence-electron chi connectivity index (χ1n) is 6.08. The number of benzene rings is 1. The lowest BCUT2D eigenvalue weighted by molar-refractivity contribution is -0.120. The third-order valence-electron chi connectivity index (χ3n) is 2.72. The van der Waals surface area contributed by atoms with Gasteiger partial charge in [-0.2, -0.15) is 0 Å². The molecule has 0 atom stereocenters. The highest BCUT2D eigenvalue weighted by Gasteiger charge is 2.07. The van der Waals surface area contributed by atoms with Gasteiger partial charge < -0.3 is 5.32 Å². The Morgan fingerprint density at radius 1 is 1.21 bits per heavy atom. The van der Waals surface area contributed by atoms with Crippen molar-refractivity contribution in [2.75, 3.05) is 0 Å². The fourth-order valence-corrected chi connectivity index (χ4v) is 1.76. The van der Waals surface area contributed by atoms with Crippen LogP contribution in [0.3, 0.4) is 0 Å². The molecule has 1 aromatic carbocycles. The minimum atomic E-state index is -0.355. The van der Waals surface area contributed by atoms with Crippen molar-refractivity contribution in [1.29, 1.82) is 0 Å². The molecular formula is C15H15FN2O. The quantitative estimate of drug-likeness (QED) is 0.915. The first-order chi connectivity index (χ1) is 9.15. The van der Waals surface area contributed by atoms with Crippen LogP contribution < -0.4 is 5.32 Å². The van der Waals surface area contributed by atoms with Gasteiger partial charge in [0, 0.05) is 5.69 Å². The molecule has 0 radical (unpaired) electrons. The molecule has 1 amide bonds. The molecule has 98 valence electrons. The number of carbonyl (C=O) groups is 1. The van der Waals surface area contributed by atoms with Gasteiger partial charge in [0.05, 0.1) is 18.7 Å². The minimum absolute atomic E-state index is 0.0402. The van der Waals surface area contributed by atoms with Crippen molar-refractivity contribution in [3.8, 4) is 0 Å². The van der Waals surface area contributed by atoms with E-state index < -0.39 is 0 Å². The molecule has 0 saturated heterocycles. The molecule has 0 aliphatic carbocycles. The second-order valence-corrected chi connectivity index (χ2v) is 4.32. The third-order valence-corrected chi connectivity index (χ3v) is 2.72. The molecule has 2 rings (SSSR count). The number of hydrogen-bond acceptors (Lipinski definition) is 2. The van der Waals surface area contributed by atoms with Crippen LogP contribution in [0.5, 0.6) is 0 Å². The maximum absolute atomic E-state index is 13.4. The van der Waals surface area contributed by atoms with Crippen LogP contribution in [0.1, 0.15) is 17.0 Å². The number of hydrogen-bond donors (Lipinski definition) is 1. The molecule has 0 unspecified atom stereocenters. The van der Waals surface area contributed by atoms with Crippen LogP contribution in [0.2, 0.25) is 0 Å². The van der Waals surface area contributed by atoms with Gasteiger partial charge in [0.15, 0.2) is 0 Å². The summed E-state index contributed by atoms with van der Waals surface area (Å²) in [6.07, 6.45) is 0.0402. The number of pyridine rings is 1. The molecule has 3 nitrogen and oxygen atoms in total. The van der Waals surface area contributed by atoms with E-state index in [0.717, 1.165) is 11.4 Å². The predicted molar refractivity (Wildman–Crippen MR) is 70.9 cm³/mol. The number of aromatic nitrogens is 1. The lowest BCUT2D eigenvalue weighted by atomic mass is 10.1. The highest BCUT2D eigenvalue weighted by Crippen LogP contribution is 2.07. The van der Waals surface area contributed by atoms with Crippen LogP contribution in [-0.4, -0.2) is 10.9 Å². The predicted octanol–water partition coefficient (Wildman–Crippen LogP) is 2.39. The summed E-state index contributed by atoms with van der Waals surface area (Å²) in [5.41, 5.74) is 2.10. The highest BCUT2D eigenvalue weighted by atomic mass is 19.1. The number of amides is 1. The van der Waals surface area contributed by atoms with Gasteiger partial charge in [0.2, 0.25) is 5.91 Å². The van der Waals surface area contributed by atoms with E-state index in [1.807, 2.05) is 25.1 Å². The first-order valence-corrected chi connectivity index (χ1v) is 6.08. The maximum Gasteiger partial charge on any atom is 0.224 e. The summed E-state index contributed by atoms with van der Waals surface area (Å²) in [5, 5.41) is 2.73. The highest BCUT2D eigenvalue weighted by molar-refractivity contribution is 5.78. The number of aryl methyl sites for hydroxylation is 1. The molecule has 19 heavy (non-hydrogen) atoms. The Balaban J connectivity index is 1.90. The first kappa shape index (κ1) is 13.2. The Labute approximate surface area is 111 Å². The lowest BCUT2D eigenvalue weighted by Crippen LogP contribution is -2.25. The smallest absolute Gasteiger partial charge is 0.224 e. The summed E-state index contributed by atoms with van der Waals surface area (Å²) >= 11 is 0. The number of nitrogens with one attached hydrogen (secondary N) is 1. The standard InChI is InChI=1S/C15H15FN2O/c1-11-5-4-7-13(18-11)10-17-15(19)9-12-6-2-3-8-14(12)16/h2-8H,9-10H2,1H3,(H,17,19). The largest absolute Gasteiger partial charge is 0.350 e. The molecular weight excluding hydrogens is 243 g/mol. The van der Waals surface area contributed by atoms with E-state index in [0.29, 0.717) is 12.1 Å². The lowest BCUT2D eigenvalue weighted by Gasteiger charge is -2.06. The van der Waals surface area contributed by atoms with Crippen LogP contribution in [0, 0.1) is 12.7 Å². The molecule has 0 saturated carbocycles. The van der Waals surface area contributed by atoms with Crippen molar-refractivity contribution in [2.45, 2.75) is 19.9 Å². The molecule has 0 aliphatic rings.